The van der Waals surface area contributed by atoms with Gasteiger partial charge in [0.1, 0.15) is 11.3 Å². The van der Waals surface area contributed by atoms with E-state index >= 15 is 0 Å². The zero-order chi connectivity index (χ0) is 14.8. The van der Waals surface area contributed by atoms with Gasteiger partial charge in [0.05, 0.1) is 13.7 Å². The van der Waals surface area contributed by atoms with E-state index in [9.17, 15) is 4.79 Å². The highest BCUT2D eigenvalue weighted by atomic mass is 16.5. The van der Waals surface area contributed by atoms with Crippen molar-refractivity contribution in [3.8, 4) is 5.75 Å². The van der Waals surface area contributed by atoms with E-state index in [1.807, 2.05) is 44.2 Å². The summed E-state index contributed by atoms with van der Waals surface area (Å²) >= 11 is 0. The van der Waals surface area contributed by atoms with Crippen LogP contribution >= 0.6 is 0 Å². The van der Waals surface area contributed by atoms with Gasteiger partial charge < -0.3 is 14.8 Å². The Labute approximate surface area is 121 Å². The fourth-order valence-corrected chi connectivity index (χ4v) is 2.17. The van der Waals surface area contributed by atoms with Crippen molar-refractivity contribution in [3.05, 3.63) is 30.3 Å². The molecule has 1 aromatic carbocycles. The third kappa shape index (κ3) is 5.21. The highest BCUT2D eigenvalue weighted by Gasteiger charge is 2.32. The van der Waals surface area contributed by atoms with E-state index in [2.05, 4.69) is 5.32 Å². The van der Waals surface area contributed by atoms with E-state index < -0.39 is 5.54 Å². The molecule has 0 saturated carbocycles. The van der Waals surface area contributed by atoms with E-state index in [0.717, 1.165) is 31.6 Å². The molecule has 0 aliphatic carbocycles. The minimum atomic E-state index is -0.601. The van der Waals surface area contributed by atoms with Crippen LogP contribution in [0.25, 0.3) is 0 Å². The molecule has 1 aromatic rings. The Bertz CT molecular complexity index is 394. The zero-order valence-corrected chi connectivity index (χ0v) is 12.6. The Kier molecular flexibility index (Phi) is 7.09. The predicted molar refractivity (Wildman–Crippen MR) is 79.9 cm³/mol. The van der Waals surface area contributed by atoms with Crippen molar-refractivity contribution in [2.75, 3.05) is 20.3 Å². The van der Waals surface area contributed by atoms with Crippen LogP contribution in [0.3, 0.4) is 0 Å². The molecule has 0 fully saturated rings. The Hall–Kier alpha value is -1.55. The van der Waals surface area contributed by atoms with E-state index in [1.54, 1.807) is 0 Å². The van der Waals surface area contributed by atoms with E-state index in [4.69, 9.17) is 9.47 Å². The Morgan fingerprint density at radius 1 is 1.25 bits per heavy atom. The summed E-state index contributed by atoms with van der Waals surface area (Å²) in [5.74, 6) is 0.679. The number of hydrogen-bond acceptors (Lipinski definition) is 4. The number of likely N-dealkylation sites (N-methyl/N-ethyl adjacent to an activating group) is 1. The predicted octanol–water partition coefficient (Wildman–Crippen LogP) is 2.78. The minimum Gasteiger partial charge on any atom is -0.494 e. The summed E-state index contributed by atoms with van der Waals surface area (Å²) in [7, 11) is 1.43. The molecule has 4 heteroatoms. The molecule has 0 radical (unpaired) electrons. The maximum absolute atomic E-state index is 11.8. The number of methoxy groups -OCH3 is 1. The number of ether oxygens (including phenoxy) is 2. The number of carbonyl (C=O) groups is 1. The van der Waals surface area contributed by atoms with Crippen LogP contribution in [0.4, 0.5) is 0 Å². The number of unbranched alkanes of at least 4 members (excludes halogenated alkanes) is 1. The average molecular weight is 279 g/mol. The zero-order valence-electron chi connectivity index (χ0n) is 12.6. The number of nitrogens with one attached hydrogen (secondary N) is 1. The first-order valence-corrected chi connectivity index (χ1v) is 7.13. The van der Waals surface area contributed by atoms with E-state index in [0.29, 0.717) is 6.61 Å². The van der Waals surface area contributed by atoms with Crippen molar-refractivity contribution in [2.45, 2.75) is 38.6 Å². The molecule has 0 heterocycles. The topological polar surface area (TPSA) is 47.6 Å². The first-order valence-electron chi connectivity index (χ1n) is 7.13. The van der Waals surface area contributed by atoms with Gasteiger partial charge in [0.2, 0.25) is 0 Å². The van der Waals surface area contributed by atoms with Gasteiger partial charge in [0.15, 0.2) is 0 Å². The molecule has 1 N–H and O–H groups in total. The van der Waals surface area contributed by atoms with Crippen molar-refractivity contribution in [1.29, 1.82) is 0 Å². The van der Waals surface area contributed by atoms with Gasteiger partial charge in [0, 0.05) is 0 Å². The van der Waals surface area contributed by atoms with Gasteiger partial charge >= 0.3 is 5.97 Å². The standard InChI is InChI=1S/C16H25NO3/c1-4-17-16(2,15(18)19-3)12-8-9-13-20-14-10-6-5-7-11-14/h5-7,10-11,17H,4,8-9,12-13H2,1-3H3. The molecule has 1 unspecified atom stereocenters. The van der Waals surface area contributed by atoms with Crippen LogP contribution in [-0.4, -0.2) is 31.8 Å². The Morgan fingerprint density at radius 2 is 1.95 bits per heavy atom. The molecule has 0 aliphatic rings. The lowest BCUT2D eigenvalue weighted by atomic mass is 9.95. The van der Waals surface area contributed by atoms with Gasteiger partial charge in [0.25, 0.3) is 0 Å². The summed E-state index contributed by atoms with van der Waals surface area (Å²) in [4.78, 5) is 11.8. The van der Waals surface area contributed by atoms with Gasteiger partial charge in [-0.15, -0.1) is 0 Å². The highest BCUT2D eigenvalue weighted by molar-refractivity contribution is 5.80. The van der Waals surface area contributed by atoms with Gasteiger partial charge in [-0.3, -0.25) is 4.79 Å². The molecule has 112 valence electrons. The van der Waals surface area contributed by atoms with Crippen LogP contribution in [-0.2, 0) is 9.53 Å². The van der Waals surface area contributed by atoms with Crippen LogP contribution in [0.5, 0.6) is 5.75 Å². The SMILES string of the molecule is CCNC(C)(CCCCOc1ccccc1)C(=O)OC. The lowest BCUT2D eigenvalue weighted by molar-refractivity contribution is -0.148. The Balaban J connectivity index is 2.29. The summed E-state index contributed by atoms with van der Waals surface area (Å²) in [6.45, 7) is 5.28. The van der Waals surface area contributed by atoms with Gasteiger partial charge in [-0.1, -0.05) is 25.1 Å². The van der Waals surface area contributed by atoms with Crippen molar-refractivity contribution in [2.24, 2.45) is 0 Å². The van der Waals surface area contributed by atoms with Crippen LogP contribution in [0.2, 0.25) is 0 Å². The quantitative estimate of drug-likeness (QED) is 0.558. The minimum absolute atomic E-state index is 0.205. The smallest absolute Gasteiger partial charge is 0.325 e. The molecule has 20 heavy (non-hydrogen) atoms. The first kappa shape index (κ1) is 16.5. The fourth-order valence-electron chi connectivity index (χ4n) is 2.17. The molecule has 1 atom stereocenters. The monoisotopic (exact) mass is 279 g/mol. The van der Waals surface area contributed by atoms with Crippen molar-refractivity contribution < 1.29 is 14.3 Å². The largest absolute Gasteiger partial charge is 0.494 e. The van der Waals surface area contributed by atoms with Crippen molar-refractivity contribution >= 4 is 5.97 Å². The Morgan fingerprint density at radius 3 is 2.55 bits per heavy atom. The number of carbonyl (C=O) groups excluding carboxylic acids is 1. The van der Waals surface area contributed by atoms with Crippen LogP contribution in [0.15, 0.2) is 30.3 Å². The van der Waals surface area contributed by atoms with Crippen LogP contribution in [0, 0.1) is 0 Å². The maximum Gasteiger partial charge on any atom is 0.325 e. The summed E-state index contributed by atoms with van der Waals surface area (Å²) in [5, 5.41) is 3.20. The molecule has 4 nitrogen and oxygen atoms in total. The number of rotatable bonds is 9. The van der Waals surface area contributed by atoms with Crippen molar-refractivity contribution in [1.82, 2.24) is 5.32 Å². The third-order valence-corrected chi connectivity index (χ3v) is 3.29. The summed E-state index contributed by atoms with van der Waals surface area (Å²) in [6, 6.07) is 9.75. The molecule has 1 rings (SSSR count). The van der Waals surface area contributed by atoms with Gasteiger partial charge in [-0.25, -0.2) is 0 Å². The lowest BCUT2D eigenvalue weighted by Crippen LogP contribution is -2.50. The molecular weight excluding hydrogens is 254 g/mol. The van der Waals surface area contributed by atoms with Gasteiger partial charge in [-0.2, -0.15) is 0 Å². The van der Waals surface area contributed by atoms with Crippen LogP contribution in [0.1, 0.15) is 33.1 Å². The summed E-state index contributed by atoms with van der Waals surface area (Å²) < 4.78 is 10.5. The molecule has 0 amide bonds. The normalized spacial score (nSPS) is 13.6. The second kappa shape index (κ2) is 8.59. The number of hydrogen-bond donors (Lipinski definition) is 1. The summed E-state index contributed by atoms with van der Waals surface area (Å²) in [5.41, 5.74) is -0.601. The second-order valence-electron chi connectivity index (χ2n) is 4.97. The molecular formula is C16H25NO3. The first-order chi connectivity index (χ1) is 9.62. The molecule has 0 bridgehead atoms. The van der Waals surface area contributed by atoms with Gasteiger partial charge in [-0.05, 0) is 44.9 Å². The van der Waals surface area contributed by atoms with E-state index in [1.165, 1.54) is 7.11 Å². The molecule has 0 saturated heterocycles. The van der Waals surface area contributed by atoms with E-state index in [-0.39, 0.29) is 5.97 Å². The average Bonchev–Trinajstić information content (AvgIpc) is 2.47. The lowest BCUT2D eigenvalue weighted by Gasteiger charge is -2.27. The van der Waals surface area contributed by atoms with Crippen LogP contribution < -0.4 is 10.1 Å². The maximum atomic E-state index is 11.8. The number of benzene rings is 1. The van der Waals surface area contributed by atoms with Crippen molar-refractivity contribution in [3.63, 3.8) is 0 Å². The third-order valence-electron chi connectivity index (χ3n) is 3.29. The fraction of sp³-hybridized carbons (Fsp3) is 0.562. The summed E-state index contributed by atoms with van der Waals surface area (Å²) in [6.07, 6.45) is 2.56. The highest BCUT2D eigenvalue weighted by Crippen LogP contribution is 2.16. The second-order valence-corrected chi connectivity index (χ2v) is 4.97. The molecule has 0 aliphatic heterocycles. The molecule has 0 spiro atoms. The number of para-hydroxylation sites is 1. The molecule has 0 aromatic heterocycles. The number of esters is 1.